The Morgan fingerprint density at radius 2 is 1.81 bits per heavy atom. The van der Waals surface area contributed by atoms with E-state index in [4.69, 9.17) is 16.6 Å². The lowest BCUT2D eigenvalue weighted by Gasteiger charge is -2.40. The number of hydrogen-bond donors (Lipinski definition) is 1. The minimum Gasteiger partial charge on any atom is -0.507 e. The lowest BCUT2D eigenvalue weighted by atomic mass is 10.1. The third kappa shape index (κ3) is 4.71. The van der Waals surface area contributed by atoms with Gasteiger partial charge in [0, 0.05) is 37.5 Å². The molecule has 0 radical (unpaired) electrons. The van der Waals surface area contributed by atoms with Crippen molar-refractivity contribution < 1.29 is 14.3 Å². The van der Waals surface area contributed by atoms with Gasteiger partial charge in [-0.2, -0.15) is 4.98 Å². The Morgan fingerprint density at radius 3 is 2.42 bits per heavy atom. The van der Waals surface area contributed by atoms with Crippen LogP contribution in [0.15, 0.2) is 48.0 Å². The number of phenols is 1. The fourth-order valence-corrected chi connectivity index (χ4v) is 6.24. The Hall–Kier alpha value is -4.38. The van der Waals surface area contributed by atoms with Crippen molar-refractivity contribution in [1.29, 1.82) is 0 Å². The van der Waals surface area contributed by atoms with E-state index in [0.29, 0.717) is 36.5 Å². The number of benzene rings is 1. The van der Waals surface area contributed by atoms with Gasteiger partial charge in [0.05, 0.1) is 38.7 Å². The van der Waals surface area contributed by atoms with Gasteiger partial charge in [0.15, 0.2) is 5.65 Å². The van der Waals surface area contributed by atoms with E-state index in [0.717, 1.165) is 37.1 Å². The maximum Gasteiger partial charge on any atom is 0.355 e. The van der Waals surface area contributed by atoms with Crippen molar-refractivity contribution >= 4 is 34.4 Å². The molecule has 10 nitrogen and oxygen atoms in total. The third-order valence-corrected chi connectivity index (χ3v) is 8.73. The molecule has 0 unspecified atom stereocenters. The number of carbonyl (C=O) groups is 1. The second-order valence-electron chi connectivity index (χ2n) is 11.4. The molecule has 0 bridgehead atoms. The molecule has 7 rings (SSSR count). The van der Waals surface area contributed by atoms with Gasteiger partial charge in [-0.3, -0.25) is 4.79 Å². The Bertz CT molecular complexity index is 1820. The molecule has 1 aliphatic heterocycles. The molecule has 43 heavy (non-hydrogen) atoms. The van der Waals surface area contributed by atoms with Crippen molar-refractivity contribution in [3.63, 3.8) is 0 Å². The van der Waals surface area contributed by atoms with E-state index in [9.17, 15) is 14.7 Å². The van der Waals surface area contributed by atoms with Gasteiger partial charge in [-0.05, 0) is 56.9 Å². The summed E-state index contributed by atoms with van der Waals surface area (Å²) < 4.78 is 16.6. The highest BCUT2D eigenvalue weighted by atomic mass is 35.5. The Kier molecular flexibility index (Phi) is 6.65. The van der Waals surface area contributed by atoms with E-state index in [1.54, 1.807) is 17.3 Å². The van der Waals surface area contributed by atoms with Gasteiger partial charge in [0.2, 0.25) is 5.91 Å². The predicted molar refractivity (Wildman–Crippen MR) is 160 cm³/mol. The quantitative estimate of drug-likeness (QED) is 0.316. The normalized spacial score (nSPS) is 18.7. The Morgan fingerprint density at radius 1 is 1.12 bits per heavy atom. The number of anilines is 1. The van der Waals surface area contributed by atoms with Crippen LogP contribution in [0.1, 0.15) is 55.8 Å². The number of nitrogens with zero attached hydrogens (tertiary/aromatic N) is 7. The first-order valence-corrected chi connectivity index (χ1v) is 14.8. The molecule has 220 valence electrons. The summed E-state index contributed by atoms with van der Waals surface area (Å²) in [5.41, 5.74) is 1.60. The van der Waals surface area contributed by atoms with Crippen LogP contribution in [0.25, 0.3) is 28.0 Å². The zero-order chi connectivity index (χ0) is 30.0. The van der Waals surface area contributed by atoms with Gasteiger partial charge in [-0.1, -0.05) is 24.2 Å². The second-order valence-corrected chi connectivity index (χ2v) is 11.9. The molecule has 2 saturated carbocycles. The summed E-state index contributed by atoms with van der Waals surface area (Å²) in [6.07, 6.45) is 6.64. The summed E-state index contributed by atoms with van der Waals surface area (Å²) in [5.74, 6) is -0.443. The summed E-state index contributed by atoms with van der Waals surface area (Å²) in [6, 6.07) is 5.40. The number of hydrogen-bond acceptors (Lipinski definition) is 8. The van der Waals surface area contributed by atoms with E-state index in [1.807, 2.05) is 11.8 Å². The highest BCUT2D eigenvalue weighted by Gasteiger charge is 2.37. The van der Waals surface area contributed by atoms with Crippen molar-refractivity contribution in [1.82, 2.24) is 29.4 Å². The first kappa shape index (κ1) is 27.5. The van der Waals surface area contributed by atoms with Crippen LogP contribution in [0.2, 0.25) is 5.02 Å². The molecule has 0 spiro atoms. The molecule has 4 aromatic rings. The first-order valence-electron chi connectivity index (χ1n) is 14.4. The maximum atomic E-state index is 15.1. The number of phenolic OH excluding ortho intramolecular Hbond substituents is 1. The molecular weight excluding hydrogens is 573 g/mol. The van der Waals surface area contributed by atoms with Gasteiger partial charge >= 0.3 is 5.69 Å². The first-order chi connectivity index (χ1) is 20.8. The highest BCUT2D eigenvalue weighted by Crippen LogP contribution is 2.48. The molecule has 1 amide bonds. The van der Waals surface area contributed by atoms with Gasteiger partial charge in [0.25, 0.3) is 0 Å². The van der Waals surface area contributed by atoms with Crippen LogP contribution in [0.3, 0.4) is 0 Å². The number of aromatic hydroxyl groups is 1. The number of rotatable bonds is 6. The van der Waals surface area contributed by atoms with Crippen LogP contribution in [-0.4, -0.2) is 66.1 Å². The summed E-state index contributed by atoms with van der Waals surface area (Å²) in [6.45, 7) is 6.77. The Labute approximate surface area is 251 Å². The predicted octanol–water partition coefficient (Wildman–Crippen LogP) is 4.71. The maximum absolute atomic E-state index is 15.1. The van der Waals surface area contributed by atoms with E-state index in [-0.39, 0.29) is 51.5 Å². The van der Waals surface area contributed by atoms with Crippen molar-refractivity contribution in [2.45, 2.75) is 50.5 Å². The number of piperazine rings is 1. The highest BCUT2D eigenvalue weighted by molar-refractivity contribution is 6.34. The smallest absolute Gasteiger partial charge is 0.355 e. The third-order valence-electron chi connectivity index (χ3n) is 8.45. The molecular formula is C31H29ClFN7O3. The number of carbonyl (C=O) groups excluding carboxylic acids is 1. The number of aromatic nitrogens is 5. The average Bonchev–Trinajstić information content (AvgIpc) is 3.91. The monoisotopic (exact) mass is 601 g/mol. The molecule has 1 saturated heterocycles. The number of pyridine rings is 1. The van der Waals surface area contributed by atoms with Gasteiger partial charge in [-0.15, -0.1) is 0 Å². The number of amides is 1. The van der Waals surface area contributed by atoms with Crippen LogP contribution in [0.4, 0.5) is 10.2 Å². The average molecular weight is 602 g/mol. The molecule has 2 aliphatic carbocycles. The number of halogens is 2. The topological polar surface area (TPSA) is 117 Å². The lowest BCUT2D eigenvalue weighted by Crippen LogP contribution is -2.54. The van der Waals surface area contributed by atoms with Crippen molar-refractivity contribution in [3.05, 3.63) is 76.0 Å². The van der Waals surface area contributed by atoms with E-state index >= 15 is 4.39 Å². The molecule has 3 aliphatic rings. The van der Waals surface area contributed by atoms with E-state index < -0.39 is 11.5 Å². The van der Waals surface area contributed by atoms with Gasteiger partial charge in [-0.25, -0.2) is 28.7 Å². The van der Waals surface area contributed by atoms with Crippen LogP contribution in [-0.2, 0) is 4.79 Å². The van der Waals surface area contributed by atoms with Crippen LogP contribution in [0, 0.1) is 5.82 Å². The fraction of sp³-hybridized carbons (Fsp3) is 0.355. The number of fused-ring (bicyclic) bond motifs is 1. The van der Waals surface area contributed by atoms with Gasteiger partial charge < -0.3 is 14.9 Å². The molecule has 4 heterocycles. The lowest BCUT2D eigenvalue weighted by molar-refractivity contribution is -0.126. The molecule has 1 aromatic carbocycles. The summed E-state index contributed by atoms with van der Waals surface area (Å²) >= 11 is 6.77. The van der Waals surface area contributed by atoms with Crippen LogP contribution >= 0.6 is 11.6 Å². The second kappa shape index (κ2) is 10.4. The minimum absolute atomic E-state index is 0.00214. The van der Waals surface area contributed by atoms with Crippen LogP contribution in [0.5, 0.6) is 5.75 Å². The van der Waals surface area contributed by atoms with Crippen molar-refractivity contribution in [3.8, 4) is 22.7 Å². The SMILES string of the molecule is C=CC(=O)N1CCN(c2nc(=O)n(-c3c(C4CC4)ncnc3C3CC3)c3nc(-c4c(O)cccc4F)c(Cl)cc23)[C@@H](C)C1. The minimum atomic E-state index is -0.700. The fourth-order valence-electron chi connectivity index (χ4n) is 6.00. The summed E-state index contributed by atoms with van der Waals surface area (Å²) in [7, 11) is 0. The molecule has 1 atom stereocenters. The van der Waals surface area contributed by atoms with Gasteiger partial charge in [0.1, 0.15) is 23.7 Å². The van der Waals surface area contributed by atoms with Crippen molar-refractivity contribution in [2.24, 2.45) is 0 Å². The molecule has 3 fully saturated rings. The van der Waals surface area contributed by atoms with E-state index in [1.165, 1.54) is 28.8 Å². The summed E-state index contributed by atoms with van der Waals surface area (Å²) in [5, 5.41) is 11.2. The molecule has 12 heteroatoms. The molecule has 3 aromatic heterocycles. The standard InChI is InChI=1S/C31H29ClFN7O3/c1-3-23(42)38-11-12-39(16(2)14-38)29-19-13-20(32)27(24-21(33)5-4-6-22(24)41)36-30(19)40(31(43)37-29)28-25(17-7-8-17)34-15-35-26(28)18-9-10-18/h3-6,13,15-18,41H,1,7-12,14H2,2H3/t16-/m0/s1. The van der Waals surface area contributed by atoms with Crippen molar-refractivity contribution in [2.75, 3.05) is 24.5 Å². The van der Waals surface area contributed by atoms with E-state index in [2.05, 4.69) is 21.5 Å². The molecule has 1 N–H and O–H groups in total. The zero-order valence-corrected chi connectivity index (χ0v) is 24.3. The zero-order valence-electron chi connectivity index (χ0n) is 23.5. The largest absolute Gasteiger partial charge is 0.507 e. The Balaban J connectivity index is 1.50. The van der Waals surface area contributed by atoms with Crippen LogP contribution < -0.4 is 10.6 Å². The summed E-state index contributed by atoms with van der Waals surface area (Å²) in [4.78, 5) is 48.8.